The maximum Gasteiger partial charge on any atom is 0.307 e. The fourth-order valence-corrected chi connectivity index (χ4v) is 1.23. The molecule has 100 valence electrons. The van der Waals surface area contributed by atoms with Crippen LogP contribution in [0.15, 0.2) is 0 Å². The number of rotatable bonds is 7. The zero-order chi connectivity index (χ0) is 13.3. The molecule has 2 N–H and O–H groups in total. The highest BCUT2D eigenvalue weighted by Crippen LogP contribution is 1.98. The van der Waals surface area contributed by atoms with Gasteiger partial charge in [0, 0.05) is 25.0 Å². The normalized spacial score (nSPS) is 11.1. The zero-order valence-electron chi connectivity index (χ0n) is 11.3. The van der Waals surface area contributed by atoms with E-state index in [1.54, 1.807) is 6.92 Å². The number of ether oxygens (including phenoxy) is 1. The van der Waals surface area contributed by atoms with Crippen LogP contribution >= 0.6 is 0 Å². The molecule has 0 aliphatic heterocycles. The quantitative estimate of drug-likeness (QED) is 0.514. The lowest BCUT2D eigenvalue weighted by Crippen LogP contribution is -2.41. The standard InChI is InChI=1S/C12H24N2O3/c1-5-17-11(16)7-9-13-8-6-10(15)14-12(2,3)4/h13H,5-9H2,1-4H3,(H,14,15). The molecule has 0 atom stereocenters. The molecule has 0 fully saturated rings. The summed E-state index contributed by atoms with van der Waals surface area (Å²) in [5, 5.41) is 5.90. The summed E-state index contributed by atoms with van der Waals surface area (Å²) in [5.74, 6) is -0.194. The Kier molecular flexibility index (Phi) is 7.54. The number of hydrogen-bond acceptors (Lipinski definition) is 4. The highest BCUT2D eigenvalue weighted by Gasteiger charge is 2.12. The van der Waals surface area contributed by atoms with Crippen LogP contribution in [-0.4, -0.2) is 37.1 Å². The van der Waals surface area contributed by atoms with Crippen molar-refractivity contribution in [2.24, 2.45) is 0 Å². The largest absolute Gasteiger partial charge is 0.466 e. The molecule has 5 heteroatoms. The van der Waals surface area contributed by atoms with Crippen LogP contribution in [0, 0.1) is 0 Å². The van der Waals surface area contributed by atoms with E-state index in [0.29, 0.717) is 32.5 Å². The summed E-state index contributed by atoms with van der Waals surface area (Å²) in [6.07, 6.45) is 0.759. The Morgan fingerprint density at radius 3 is 2.24 bits per heavy atom. The van der Waals surface area contributed by atoms with E-state index in [-0.39, 0.29) is 17.4 Å². The van der Waals surface area contributed by atoms with Gasteiger partial charge in [-0.15, -0.1) is 0 Å². The fourth-order valence-electron chi connectivity index (χ4n) is 1.23. The third-order valence-corrected chi connectivity index (χ3v) is 1.85. The first-order chi connectivity index (χ1) is 7.85. The Morgan fingerprint density at radius 2 is 1.71 bits per heavy atom. The molecule has 5 nitrogen and oxygen atoms in total. The zero-order valence-corrected chi connectivity index (χ0v) is 11.3. The molecule has 0 radical (unpaired) electrons. The van der Waals surface area contributed by atoms with Crippen LogP contribution in [-0.2, 0) is 14.3 Å². The van der Waals surface area contributed by atoms with Crippen LogP contribution in [0.2, 0.25) is 0 Å². The van der Waals surface area contributed by atoms with Crippen LogP contribution in [0.1, 0.15) is 40.5 Å². The van der Waals surface area contributed by atoms with E-state index >= 15 is 0 Å². The number of amides is 1. The Hall–Kier alpha value is -1.10. The van der Waals surface area contributed by atoms with Crippen molar-refractivity contribution in [3.05, 3.63) is 0 Å². The monoisotopic (exact) mass is 244 g/mol. The van der Waals surface area contributed by atoms with E-state index in [9.17, 15) is 9.59 Å². The van der Waals surface area contributed by atoms with Gasteiger partial charge in [0.25, 0.3) is 0 Å². The van der Waals surface area contributed by atoms with Crippen LogP contribution in [0.4, 0.5) is 0 Å². The third kappa shape index (κ3) is 11.2. The Labute approximate surface area is 103 Å². The van der Waals surface area contributed by atoms with Crippen molar-refractivity contribution in [3.63, 3.8) is 0 Å². The highest BCUT2D eigenvalue weighted by atomic mass is 16.5. The van der Waals surface area contributed by atoms with Gasteiger partial charge in [-0.3, -0.25) is 9.59 Å². The van der Waals surface area contributed by atoms with Crippen molar-refractivity contribution in [2.75, 3.05) is 19.7 Å². The summed E-state index contributed by atoms with van der Waals surface area (Å²) < 4.78 is 4.78. The Morgan fingerprint density at radius 1 is 1.12 bits per heavy atom. The van der Waals surface area contributed by atoms with Crippen LogP contribution in [0.25, 0.3) is 0 Å². The van der Waals surface area contributed by atoms with Gasteiger partial charge in [-0.05, 0) is 27.7 Å². The smallest absolute Gasteiger partial charge is 0.307 e. The van der Waals surface area contributed by atoms with Crippen molar-refractivity contribution in [1.29, 1.82) is 0 Å². The van der Waals surface area contributed by atoms with Crippen molar-refractivity contribution in [2.45, 2.75) is 46.1 Å². The van der Waals surface area contributed by atoms with Crippen molar-refractivity contribution in [3.8, 4) is 0 Å². The molecule has 0 unspecified atom stereocenters. The van der Waals surface area contributed by atoms with Gasteiger partial charge in [0.1, 0.15) is 0 Å². The summed E-state index contributed by atoms with van der Waals surface area (Å²) in [4.78, 5) is 22.4. The SMILES string of the molecule is CCOC(=O)CCNCCC(=O)NC(C)(C)C. The molecule has 1 amide bonds. The average Bonchev–Trinajstić information content (AvgIpc) is 2.14. The van der Waals surface area contributed by atoms with E-state index in [4.69, 9.17) is 4.74 Å². The molecule has 0 rings (SSSR count). The maximum atomic E-state index is 11.4. The molecule has 17 heavy (non-hydrogen) atoms. The third-order valence-electron chi connectivity index (χ3n) is 1.85. The number of carbonyl (C=O) groups is 2. The molecule has 0 aromatic heterocycles. The number of nitrogens with one attached hydrogen (secondary N) is 2. The van der Waals surface area contributed by atoms with Crippen molar-refractivity contribution >= 4 is 11.9 Å². The molecule has 0 aliphatic carbocycles. The Bertz CT molecular complexity index is 247. The number of carbonyl (C=O) groups excluding carboxylic acids is 2. The maximum absolute atomic E-state index is 11.4. The second-order valence-electron chi connectivity index (χ2n) is 4.85. The molecule has 0 spiro atoms. The van der Waals surface area contributed by atoms with Gasteiger partial charge in [0.2, 0.25) is 5.91 Å². The number of hydrogen-bond donors (Lipinski definition) is 2. The van der Waals surface area contributed by atoms with Crippen molar-refractivity contribution in [1.82, 2.24) is 10.6 Å². The lowest BCUT2D eigenvalue weighted by molar-refractivity contribution is -0.142. The second kappa shape index (κ2) is 8.06. The summed E-state index contributed by atoms with van der Waals surface area (Å²) in [5.41, 5.74) is -0.192. The lowest BCUT2D eigenvalue weighted by atomic mass is 10.1. The molecule has 0 aliphatic rings. The molecule has 0 bridgehead atoms. The topological polar surface area (TPSA) is 67.4 Å². The van der Waals surface area contributed by atoms with E-state index in [1.807, 2.05) is 20.8 Å². The summed E-state index contributed by atoms with van der Waals surface area (Å²) in [7, 11) is 0. The number of esters is 1. The molecular weight excluding hydrogens is 220 g/mol. The lowest BCUT2D eigenvalue weighted by Gasteiger charge is -2.20. The summed E-state index contributed by atoms with van der Waals surface area (Å²) >= 11 is 0. The first kappa shape index (κ1) is 15.9. The highest BCUT2D eigenvalue weighted by molar-refractivity contribution is 5.76. The van der Waals surface area contributed by atoms with Gasteiger partial charge < -0.3 is 15.4 Å². The van der Waals surface area contributed by atoms with Gasteiger partial charge in [-0.1, -0.05) is 0 Å². The predicted molar refractivity (Wildman–Crippen MR) is 66.6 cm³/mol. The first-order valence-electron chi connectivity index (χ1n) is 6.02. The van der Waals surface area contributed by atoms with Gasteiger partial charge in [-0.2, -0.15) is 0 Å². The second-order valence-corrected chi connectivity index (χ2v) is 4.85. The van der Waals surface area contributed by atoms with Gasteiger partial charge >= 0.3 is 5.97 Å². The molecule has 0 aromatic rings. The van der Waals surface area contributed by atoms with E-state index in [0.717, 1.165) is 0 Å². The minimum absolute atomic E-state index is 0.0149. The molecule has 0 aromatic carbocycles. The average molecular weight is 244 g/mol. The fraction of sp³-hybridized carbons (Fsp3) is 0.833. The van der Waals surface area contributed by atoms with Gasteiger partial charge in [-0.25, -0.2) is 0 Å². The molecular formula is C12H24N2O3. The van der Waals surface area contributed by atoms with Crippen LogP contribution < -0.4 is 10.6 Å². The molecule has 0 saturated carbocycles. The Balaban J connectivity index is 3.46. The van der Waals surface area contributed by atoms with E-state index in [1.165, 1.54) is 0 Å². The summed E-state index contributed by atoms with van der Waals surface area (Å²) in [6.45, 7) is 9.13. The van der Waals surface area contributed by atoms with Gasteiger partial charge in [0.15, 0.2) is 0 Å². The van der Waals surface area contributed by atoms with Gasteiger partial charge in [0.05, 0.1) is 13.0 Å². The molecule has 0 heterocycles. The minimum atomic E-state index is -0.209. The summed E-state index contributed by atoms with van der Waals surface area (Å²) in [6, 6.07) is 0. The van der Waals surface area contributed by atoms with Crippen molar-refractivity contribution < 1.29 is 14.3 Å². The molecule has 0 saturated heterocycles. The van der Waals surface area contributed by atoms with Crippen LogP contribution in [0.3, 0.4) is 0 Å². The first-order valence-corrected chi connectivity index (χ1v) is 6.02. The van der Waals surface area contributed by atoms with E-state index in [2.05, 4.69) is 10.6 Å². The van der Waals surface area contributed by atoms with Crippen LogP contribution in [0.5, 0.6) is 0 Å². The van der Waals surface area contributed by atoms with E-state index < -0.39 is 0 Å². The minimum Gasteiger partial charge on any atom is -0.466 e. The predicted octanol–water partition coefficient (Wildman–Crippen LogP) is 0.834.